The highest BCUT2D eigenvalue weighted by atomic mass is 16.3. The van der Waals surface area contributed by atoms with Gasteiger partial charge < -0.3 is 13.9 Å². The lowest BCUT2D eigenvalue weighted by molar-refractivity contribution is 0.0535. The number of likely N-dealkylation sites (tertiary alicyclic amines) is 1. The fraction of sp³-hybridized carbons (Fsp3) is 0.611. The molecule has 4 rings (SSSR count). The normalized spacial score (nSPS) is 20.0. The molecule has 1 fully saturated rings. The first-order valence-corrected chi connectivity index (χ1v) is 8.93. The van der Waals surface area contributed by atoms with E-state index in [9.17, 15) is 4.79 Å². The Balaban J connectivity index is 1.42. The van der Waals surface area contributed by atoms with Crippen molar-refractivity contribution in [2.45, 2.75) is 52.0 Å². The molecule has 0 aromatic carbocycles. The lowest BCUT2D eigenvalue weighted by atomic mass is 9.72. The summed E-state index contributed by atoms with van der Waals surface area (Å²) in [5.41, 5.74) is 1.00. The fourth-order valence-electron chi connectivity index (χ4n) is 4.18. The fourth-order valence-corrected chi connectivity index (χ4v) is 4.18. The van der Waals surface area contributed by atoms with Gasteiger partial charge in [-0.25, -0.2) is 0 Å². The van der Waals surface area contributed by atoms with Crippen LogP contribution >= 0.6 is 0 Å². The van der Waals surface area contributed by atoms with Crippen LogP contribution in [0.15, 0.2) is 23.0 Å². The van der Waals surface area contributed by atoms with Gasteiger partial charge in [-0.1, -0.05) is 6.92 Å². The molecule has 6 nitrogen and oxygen atoms in total. The topological polar surface area (TPSA) is 64.2 Å². The summed E-state index contributed by atoms with van der Waals surface area (Å²) in [5.74, 6) is 2.34. The monoisotopic (exact) mass is 328 g/mol. The van der Waals surface area contributed by atoms with E-state index in [1.807, 2.05) is 4.90 Å². The van der Waals surface area contributed by atoms with Crippen molar-refractivity contribution < 1.29 is 9.21 Å². The highest BCUT2D eigenvalue weighted by Crippen LogP contribution is 2.41. The van der Waals surface area contributed by atoms with Crippen LogP contribution in [0, 0.1) is 5.41 Å². The number of amides is 1. The van der Waals surface area contributed by atoms with E-state index in [1.165, 1.54) is 12.7 Å². The molecule has 0 N–H and O–H groups in total. The SMILES string of the molecule is CCc1nnc2n1CCC1(CC2)CCN(C(=O)c2ccoc2)CC1. The maximum Gasteiger partial charge on any atom is 0.257 e. The van der Waals surface area contributed by atoms with Crippen molar-refractivity contribution in [3.05, 3.63) is 35.8 Å². The number of fused-ring (bicyclic) bond motifs is 1. The van der Waals surface area contributed by atoms with Gasteiger partial charge >= 0.3 is 0 Å². The Morgan fingerprint density at radius 2 is 2.00 bits per heavy atom. The first-order chi connectivity index (χ1) is 11.7. The first kappa shape index (κ1) is 15.4. The Labute approximate surface area is 141 Å². The van der Waals surface area contributed by atoms with E-state index in [1.54, 1.807) is 12.3 Å². The lowest BCUT2D eigenvalue weighted by Gasteiger charge is -2.41. The van der Waals surface area contributed by atoms with Crippen LogP contribution < -0.4 is 0 Å². The zero-order valence-corrected chi connectivity index (χ0v) is 14.2. The third-order valence-electron chi connectivity index (χ3n) is 5.84. The minimum Gasteiger partial charge on any atom is -0.472 e. The van der Waals surface area contributed by atoms with Crippen molar-refractivity contribution in [2.24, 2.45) is 5.41 Å². The number of carbonyl (C=O) groups is 1. The van der Waals surface area contributed by atoms with Crippen LogP contribution in [0.4, 0.5) is 0 Å². The van der Waals surface area contributed by atoms with E-state index in [-0.39, 0.29) is 5.91 Å². The predicted octanol–water partition coefficient (Wildman–Crippen LogP) is 2.69. The van der Waals surface area contributed by atoms with Crippen molar-refractivity contribution in [3.63, 3.8) is 0 Å². The van der Waals surface area contributed by atoms with Crippen molar-refractivity contribution in [1.82, 2.24) is 19.7 Å². The number of hydrogen-bond donors (Lipinski definition) is 0. The second-order valence-corrected chi connectivity index (χ2v) is 7.09. The van der Waals surface area contributed by atoms with Crippen LogP contribution in [-0.2, 0) is 19.4 Å². The van der Waals surface area contributed by atoms with Crippen molar-refractivity contribution in [1.29, 1.82) is 0 Å². The quantitative estimate of drug-likeness (QED) is 0.850. The Bertz CT molecular complexity index is 711. The first-order valence-electron chi connectivity index (χ1n) is 8.93. The van der Waals surface area contributed by atoms with Gasteiger partial charge in [-0.3, -0.25) is 4.79 Å². The van der Waals surface area contributed by atoms with Gasteiger partial charge in [0.1, 0.15) is 17.9 Å². The molecule has 2 aromatic rings. The van der Waals surface area contributed by atoms with Crippen LogP contribution in [0.25, 0.3) is 0 Å². The molecule has 24 heavy (non-hydrogen) atoms. The maximum absolute atomic E-state index is 12.5. The van der Waals surface area contributed by atoms with Gasteiger partial charge in [0.25, 0.3) is 5.91 Å². The molecule has 0 unspecified atom stereocenters. The average molecular weight is 328 g/mol. The molecule has 128 valence electrons. The Kier molecular flexibility index (Phi) is 3.90. The number of aryl methyl sites for hydroxylation is 2. The number of rotatable bonds is 2. The summed E-state index contributed by atoms with van der Waals surface area (Å²) in [6, 6.07) is 1.75. The van der Waals surface area contributed by atoms with Gasteiger partial charge in [0, 0.05) is 32.5 Å². The molecule has 2 aliphatic rings. The lowest BCUT2D eigenvalue weighted by Crippen LogP contribution is -2.43. The second kappa shape index (κ2) is 6.07. The van der Waals surface area contributed by atoms with E-state index in [2.05, 4.69) is 21.7 Å². The summed E-state index contributed by atoms with van der Waals surface area (Å²) in [5, 5.41) is 8.69. The van der Waals surface area contributed by atoms with Crippen molar-refractivity contribution in [3.8, 4) is 0 Å². The van der Waals surface area contributed by atoms with Crippen LogP contribution in [0.2, 0.25) is 0 Å². The molecule has 2 aliphatic heterocycles. The molecule has 1 saturated heterocycles. The molecule has 0 bridgehead atoms. The molecule has 0 aliphatic carbocycles. The van der Waals surface area contributed by atoms with E-state index in [4.69, 9.17) is 4.42 Å². The zero-order valence-electron chi connectivity index (χ0n) is 14.2. The summed E-state index contributed by atoms with van der Waals surface area (Å²) in [6.07, 6.45) is 9.52. The molecular weight excluding hydrogens is 304 g/mol. The highest BCUT2D eigenvalue weighted by molar-refractivity contribution is 5.93. The zero-order chi connectivity index (χ0) is 16.6. The molecule has 2 aromatic heterocycles. The van der Waals surface area contributed by atoms with Crippen LogP contribution in [0.1, 0.15) is 54.6 Å². The minimum absolute atomic E-state index is 0.0950. The summed E-state index contributed by atoms with van der Waals surface area (Å²) in [4.78, 5) is 14.4. The number of aromatic nitrogens is 3. The van der Waals surface area contributed by atoms with Gasteiger partial charge in [0.2, 0.25) is 0 Å². The standard InChI is InChI=1S/C18H24N4O2/c1-2-15-19-20-16-3-5-18(8-11-22(15)16)6-9-21(10-7-18)17(23)14-4-12-24-13-14/h4,12-13H,2-3,5-11H2,1H3. The number of carbonyl (C=O) groups excluding carboxylic acids is 1. The molecule has 6 heteroatoms. The predicted molar refractivity (Wildman–Crippen MR) is 88.6 cm³/mol. The Morgan fingerprint density at radius 3 is 2.71 bits per heavy atom. The van der Waals surface area contributed by atoms with E-state index in [0.717, 1.165) is 63.4 Å². The van der Waals surface area contributed by atoms with Crippen LogP contribution in [-0.4, -0.2) is 38.7 Å². The largest absolute Gasteiger partial charge is 0.472 e. The van der Waals surface area contributed by atoms with Gasteiger partial charge in [0.05, 0.1) is 11.8 Å². The highest BCUT2D eigenvalue weighted by Gasteiger charge is 2.37. The van der Waals surface area contributed by atoms with Gasteiger partial charge in [0.15, 0.2) is 0 Å². The number of hydrogen-bond acceptors (Lipinski definition) is 4. The number of piperidine rings is 1. The van der Waals surface area contributed by atoms with E-state index < -0.39 is 0 Å². The Hall–Kier alpha value is -2.11. The van der Waals surface area contributed by atoms with Gasteiger partial charge in [-0.15, -0.1) is 10.2 Å². The molecule has 0 saturated carbocycles. The third kappa shape index (κ3) is 2.64. The van der Waals surface area contributed by atoms with Gasteiger partial charge in [-0.05, 0) is 37.2 Å². The minimum atomic E-state index is 0.0950. The van der Waals surface area contributed by atoms with Crippen molar-refractivity contribution >= 4 is 5.91 Å². The molecule has 1 spiro atoms. The van der Waals surface area contributed by atoms with E-state index in [0.29, 0.717) is 11.0 Å². The summed E-state index contributed by atoms with van der Waals surface area (Å²) >= 11 is 0. The molecule has 4 heterocycles. The van der Waals surface area contributed by atoms with Crippen LogP contribution in [0.3, 0.4) is 0 Å². The van der Waals surface area contributed by atoms with Gasteiger partial charge in [-0.2, -0.15) is 0 Å². The Morgan fingerprint density at radius 1 is 1.21 bits per heavy atom. The van der Waals surface area contributed by atoms with Crippen LogP contribution in [0.5, 0.6) is 0 Å². The summed E-state index contributed by atoms with van der Waals surface area (Å²) in [6.45, 7) is 4.83. The maximum atomic E-state index is 12.5. The number of furan rings is 1. The van der Waals surface area contributed by atoms with Crippen molar-refractivity contribution in [2.75, 3.05) is 13.1 Å². The average Bonchev–Trinajstić information content (AvgIpc) is 3.25. The van der Waals surface area contributed by atoms with E-state index >= 15 is 0 Å². The molecule has 1 amide bonds. The summed E-state index contributed by atoms with van der Waals surface area (Å²) in [7, 11) is 0. The third-order valence-corrected chi connectivity index (χ3v) is 5.84. The molecular formula is C18H24N4O2. The second-order valence-electron chi connectivity index (χ2n) is 7.09. The summed E-state index contributed by atoms with van der Waals surface area (Å²) < 4.78 is 7.36. The molecule has 0 atom stereocenters. The molecule has 0 radical (unpaired) electrons. The smallest absolute Gasteiger partial charge is 0.257 e. The number of nitrogens with zero attached hydrogens (tertiary/aromatic N) is 4.